The van der Waals surface area contributed by atoms with Gasteiger partial charge in [-0.15, -0.1) is 0 Å². The first-order chi connectivity index (χ1) is 15.2. The van der Waals surface area contributed by atoms with Gasteiger partial charge in [-0.1, -0.05) is 39.0 Å². The normalized spacial score (nSPS) is 17.9. The van der Waals surface area contributed by atoms with Gasteiger partial charge in [0.25, 0.3) is 0 Å². The second kappa shape index (κ2) is 7.25. The number of ether oxygens (including phenoxy) is 1. The smallest absolute Gasteiger partial charge is 0.410 e. The van der Waals surface area contributed by atoms with Crippen LogP contribution in [-0.4, -0.2) is 37.7 Å². The first-order valence-electron chi connectivity index (χ1n) is 10.8. The van der Waals surface area contributed by atoms with Crippen LogP contribution in [0.25, 0.3) is 11.2 Å². The van der Waals surface area contributed by atoms with Crippen molar-refractivity contribution in [1.29, 1.82) is 0 Å². The minimum Gasteiger partial charge on any atom is -0.410 e. The molecule has 5 heterocycles. The lowest BCUT2D eigenvalue weighted by Crippen LogP contribution is -2.58. The van der Waals surface area contributed by atoms with Crippen molar-refractivity contribution in [2.45, 2.75) is 39.8 Å². The molecule has 3 aromatic rings. The summed E-state index contributed by atoms with van der Waals surface area (Å²) in [6.07, 6.45) is 2.43. The van der Waals surface area contributed by atoms with E-state index >= 15 is 0 Å². The number of carbonyl (C=O) groups is 1. The third-order valence-electron chi connectivity index (χ3n) is 5.87. The van der Waals surface area contributed by atoms with Crippen molar-refractivity contribution >= 4 is 23.1 Å². The van der Waals surface area contributed by atoms with E-state index in [1.54, 1.807) is 33.2 Å². The van der Waals surface area contributed by atoms with E-state index in [0.29, 0.717) is 24.5 Å². The number of aromatic nitrogens is 3. The van der Waals surface area contributed by atoms with Crippen molar-refractivity contribution in [1.82, 2.24) is 19.0 Å². The lowest BCUT2D eigenvalue weighted by Gasteiger charge is -2.48. The van der Waals surface area contributed by atoms with Crippen molar-refractivity contribution in [2.75, 3.05) is 11.4 Å². The summed E-state index contributed by atoms with van der Waals surface area (Å²) in [6.45, 7) is 7.59. The number of anilines is 1. The number of imidazole rings is 1. The van der Waals surface area contributed by atoms with Crippen molar-refractivity contribution in [3.8, 4) is 5.75 Å². The van der Waals surface area contributed by atoms with E-state index in [1.807, 2.05) is 41.4 Å². The Hall–Kier alpha value is -3.55. The number of hydrogen-bond donors (Lipinski definition) is 0. The van der Waals surface area contributed by atoms with E-state index in [9.17, 15) is 9.59 Å². The van der Waals surface area contributed by atoms with E-state index in [2.05, 4.69) is 20.8 Å². The summed E-state index contributed by atoms with van der Waals surface area (Å²) in [5.74, 6) is 1.30. The Kier molecular flexibility index (Phi) is 4.62. The van der Waals surface area contributed by atoms with Crippen LogP contribution >= 0.6 is 0 Å². The zero-order valence-corrected chi connectivity index (χ0v) is 18.8. The van der Waals surface area contributed by atoms with Crippen LogP contribution in [0.3, 0.4) is 0 Å². The molecule has 32 heavy (non-hydrogen) atoms. The molecule has 1 unspecified atom stereocenters. The second-order valence-corrected chi connectivity index (χ2v) is 9.68. The summed E-state index contributed by atoms with van der Waals surface area (Å²) in [5, 5.41) is 0. The molecule has 2 aromatic heterocycles. The molecule has 166 valence electrons. The summed E-state index contributed by atoms with van der Waals surface area (Å²) in [6, 6.07) is 13.0. The average molecular weight is 434 g/mol. The number of para-hydroxylation sites is 1. The van der Waals surface area contributed by atoms with E-state index in [0.717, 1.165) is 23.5 Å². The van der Waals surface area contributed by atoms with E-state index < -0.39 is 0 Å². The molecule has 1 atom stereocenters. The SMILES string of the molecule is Cn1c(=O)n(CC(C)(C)C)c2ccc(N3C=C4CC(C3)N4C(=O)Oc3ccccc3)nc21. The fourth-order valence-electron chi connectivity index (χ4n) is 4.39. The molecular formula is C24H27N5O3. The molecule has 0 aliphatic carbocycles. The molecule has 0 N–H and O–H groups in total. The summed E-state index contributed by atoms with van der Waals surface area (Å²) in [7, 11) is 1.76. The molecule has 8 nitrogen and oxygen atoms in total. The fraction of sp³-hybridized carbons (Fsp3) is 0.375. The summed E-state index contributed by atoms with van der Waals surface area (Å²) in [5.41, 5.74) is 2.32. The van der Waals surface area contributed by atoms with Gasteiger partial charge in [0, 0.05) is 38.5 Å². The maximum absolute atomic E-state index is 12.8. The highest BCUT2D eigenvalue weighted by atomic mass is 16.6. The van der Waals surface area contributed by atoms with Crippen molar-refractivity contribution < 1.29 is 9.53 Å². The molecule has 1 amide bonds. The van der Waals surface area contributed by atoms with Gasteiger partial charge in [-0.2, -0.15) is 0 Å². The number of hydrogen-bond acceptors (Lipinski definition) is 5. The minimum atomic E-state index is -0.358. The first kappa shape index (κ1) is 20.4. The third kappa shape index (κ3) is 3.45. The molecule has 0 radical (unpaired) electrons. The topological polar surface area (TPSA) is 72.6 Å². The zero-order chi connectivity index (χ0) is 22.6. The minimum absolute atomic E-state index is 0.0207. The second-order valence-electron chi connectivity index (χ2n) is 9.68. The standard InChI is InChI=1S/C24H27N5O3/c1-24(2,3)15-28-19-10-11-20(25-21(19)26(4)22(28)30)27-13-16-12-17(14-27)29(16)23(31)32-18-8-6-5-7-9-18/h5-11,13,17H,12,14-15H2,1-4H3. The van der Waals surface area contributed by atoms with Gasteiger partial charge in [0.1, 0.15) is 11.6 Å². The summed E-state index contributed by atoms with van der Waals surface area (Å²) < 4.78 is 8.89. The highest BCUT2D eigenvalue weighted by molar-refractivity contribution is 5.77. The van der Waals surface area contributed by atoms with Crippen LogP contribution in [-0.2, 0) is 13.6 Å². The molecule has 1 fully saturated rings. The number of rotatable bonds is 3. The van der Waals surface area contributed by atoms with Crippen molar-refractivity contribution in [2.24, 2.45) is 12.5 Å². The zero-order valence-electron chi connectivity index (χ0n) is 18.8. The Balaban J connectivity index is 1.40. The maximum atomic E-state index is 12.8. The Morgan fingerprint density at radius 2 is 1.91 bits per heavy atom. The highest BCUT2D eigenvalue weighted by Crippen LogP contribution is 2.37. The number of nitrogens with zero attached hydrogens (tertiary/aromatic N) is 5. The predicted molar refractivity (Wildman–Crippen MR) is 123 cm³/mol. The average Bonchev–Trinajstić information content (AvgIpc) is 2.97. The molecule has 3 aliphatic heterocycles. The van der Waals surface area contributed by atoms with E-state index in [4.69, 9.17) is 9.72 Å². The Morgan fingerprint density at radius 1 is 1.16 bits per heavy atom. The Morgan fingerprint density at radius 3 is 2.56 bits per heavy atom. The van der Waals surface area contributed by atoms with Crippen molar-refractivity contribution in [3.63, 3.8) is 0 Å². The van der Waals surface area contributed by atoms with Crippen LogP contribution in [0.1, 0.15) is 27.2 Å². The van der Waals surface area contributed by atoms with Crippen LogP contribution < -0.4 is 15.3 Å². The molecule has 0 spiro atoms. The number of fused-ring (bicyclic) bond motifs is 3. The number of pyridine rings is 1. The van der Waals surface area contributed by atoms with Gasteiger partial charge < -0.3 is 9.64 Å². The molecule has 1 aromatic carbocycles. The van der Waals surface area contributed by atoms with Crippen LogP contribution in [0.2, 0.25) is 0 Å². The lowest BCUT2D eigenvalue weighted by atomic mass is 9.95. The largest absolute Gasteiger partial charge is 0.419 e. The van der Waals surface area contributed by atoms with Crippen LogP contribution in [0.5, 0.6) is 5.75 Å². The Bertz CT molecular complexity index is 1280. The fourth-order valence-corrected chi connectivity index (χ4v) is 4.39. The van der Waals surface area contributed by atoms with Gasteiger partial charge >= 0.3 is 11.8 Å². The highest BCUT2D eigenvalue weighted by Gasteiger charge is 2.43. The van der Waals surface area contributed by atoms with E-state index in [-0.39, 0.29) is 23.2 Å². The molecule has 0 saturated carbocycles. The summed E-state index contributed by atoms with van der Waals surface area (Å²) in [4.78, 5) is 33.9. The molecule has 3 aliphatic rings. The van der Waals surface area contributed by atoms with Crippen LogP contribution in [0.4, 0.5) is 10.6 Å². The van der Waals surface area contributed by atoms with Gasteiger partial charge in [0.15, 0.2) is 5.65 Å². The van der Waals surface area contributed by atoms with Crippen LogP contribution in [0.15, 0.2) is 59.2 Å². The molecule has 1 saturated heterocycles. The number of aryl methyl sites for hydroxylation is 1. The van der Waals surface area contributed by atoms with Gasteiger partial charge in [-0.05, 0) is 29.7 Å². The van der Waals surface area contributed by atoms with Gasteiger partial charge in [-0.3, -0.25) is 14.0 Å². The van der Waals surface area contributed by atoms with Gasteiger partial charge in [0.2, 0.25) is 0 Å². The quantitative estimate of drug-likeness (QED) is 0.630. The maximum Gasteiger partial charge on any atom is 0.419 e. The number of amides is 1. The van der Waals surface area contributed by atoms with Crippen molar-refractivity contribution in [3.05, 3.63) is 64.8 Å². The third-order valence-corrected chi connectivity index (χ3v) is 5.87. The molecule has 2 bridgehead atoms. The van der Waals surface area contributed by atoms with Crippen LogP contribution in [0, 0.1) is 5.41 Å². The Labute approximate surface area is 186 Å². The lowest BCUT2D eigenvalue weighted by molar-refractivity contribution is 0.113. The molecular weight excluding hydrogens is 406 g/mol. The van der Waals surface area contributed by atoms with Gasteiger partial charge in [-0.25, -0.2) is 14.6 Å². The van der Waals surface area contributed by atoms with Gasteiger partial charge in [0.05, 0.1) is 11.6 Å². The monoisotopic (exact) mass is 433 g/mol. The predicted octanol–water partition coefficient (Wildman–Crippen LogP) is 3.72. The number of carbonyl (C=O) groups excluding carboxylic acids is 1. The number of benzene rings is 1. The summed E-state index contributed by atoms with van der Waals surface area (Å²) >= 11 is 0. The molecule has 6 rings (SSSR count). The van der Waals surface area contributed by atoms with E-state index in [1.165, 1.54) is 0 Å². The molecule has 8 heteroatoms. The first-order valence-corrected chi connectivity index (χ1v) is 10.8.